The number of hydrogen-bond acceptors (Lipinski definition) is 6. The van der Waals surface area contributed by atoms with Crippen molar-refractivity contribution < 1.29 is 24.0 Å². The van der Waals surface area contributed by atoms with E-state index in [4.69, 9.17) is 17.3 Å². The van der Waals surface area contributed by atoms with Gasteiger partial charge in [0.2, 0.25) is 0 Å². The summed E-state index contributed by atoms with van der Waals surface area (Å²) in [5.74, 6) is -3.63. The molecule has 150 valence electrons. The summed E-state index contributed by atoms with van der Waals surface area (Å²) in [6.07, 6.45) is 0. The number of carbonyl (C=O) groups excluding carboxylic acids is 5. The number of fused-ring (bicyclic) bond motifs is 3. The third kappa shape index (κ3) is 2.44. The van der Waals surface area contributed by atoms with Gasteiger partial charge in [0.05, 0.1) is 27.3 Å². The van der Waals surface area contributed by atoms with Gasteiger partial charge in [-0.3, -0.25) is 24.0 Å². The van der Waals surface area contributed by atoms with Gasteiger partial charge in [-0.25, -0.2) is 4.90 Å². The van der Waals surface area contributed by atoms with Crippen LogP contribution in [-0.2, 0) is 0 Å². The van der Waals surface area contributed by atoms with Crippen LogP contribution in [-0.4, -0.2) is 34.2 Å². The Bertz CT molecular complexity index is 1410. The molecule has 0 spiro atoms. The molecular weight excluding hydrogens is 420 g/mol. The number of rotatable bonds is 1. The van der Waals surface area contributed by atoms with Gasteiger partial charge in [-0.2, -0.15) is 0 Å². The molecule has 3 amide bonds. The summed E-state index contributed by atoms with van der Waals surface area (Å²) in [6.45, 7) is 0. The molecule has 0 atom stereocenters. The molecule has 0 saturated heterocycles. The smallest absolute Gasteiger partial charge is 0.270 e. The van der Waals surface area contributed by atoms with Crippen LogP contribution in [0.25, 0.3) is 0 Å². The van der Waals surface area contributed by atoms with Crippen molar-refractivity contribution in [3.05, 3.63) is 98.6 Å². The van der Waals surface area contributed by atoms with Crippen molar-refractivity contribution in [3.63, 3.8) is 0 Å². The Balaban J connectivity index is 1.62. The molecule has 0 unspecified atom stereocenters. The summed E-state index contributed by atoms with van der Waals surface area (Å²) in [5, 5.41) is -0.292. The number of anilines is 1. The number of benzene rings is 3. The second-order valence-corrected chi connectivity index (χ2v) is 7.45. The van der Waals surface area contributed by atoms with Crippen molar-refractivity contribution in [2.45, 2.75) is 0 Å². The summed E-state index contributed by atoms with van der Waals surface area (Å²) in [5.41, 5.74) is 5.91. The predicted octanol–water partition coefficient (Wildman–Crippen LogP) is 3.13. The maximum atomic E-state index is 13.2. The van der Waals surface area contributed by atoms with E-state index in [2.05, 4.69) is 0 Å². The predicted molar refractivity (Wildman–Crippen MR) is 110 cm³/mol. The first-order valence-corrected chi connectivity index (χ1v) is 9.53. The van der Waals surface area contributed by atoms with Gasteiger partial charge in [-0.05, 0) is 24.3 Å². The van der Waals surface area contributed by atoms with E-state index >= 15 is 0 Å². The molecule has 0 bridgehead atoms. The summed E-state index contributed by atoms with van der Waals surface area (Å²) in [4.78, 5) is 64.9. The lowest BCUT2D eigenvalue weighted by Crippen LogP contribution is -2.36. The van der Waals surface area contributed by atoms with E-state index in [1.165, 1.54) is 42.5 Å². The van der Waals surface area contributed by atoms with E-state index in [9.17, 15) is 24.0 Å². The molecule has 3 aromatic carbocycles. The highest BCUT2D eigenvalue weighted by atomic mass is 35.5. The third-order valence-electron chi connectivity index (χ3n) is 5.41. The molecule has 0 radical (unpaired) electrons. The Morgan fingerprint density at radius 1 is 0.710 bits per heavy atom. The number of carbonyl (C=O) groups is 5. The van der Waals surface area contributed by atoms with Crippen LogP contribution >= 0.6 is 11.6 Å². The van der Waals surface area contributed by atoms with E-state index in [0.29, 0.717) is 4.90 Å². The zero-order valence-electron chi connectivity index (χ0n) is 15.6. The molecule has 3 aromatic rings. The van der Waals surface area contributed by atoms with Crippen molar-refractivity contribution in [2.75, 3.05) is 5.73 Å². The summed E-state index contributed by atoms with van der Waals surface area (Å²) in [6, 6.07) is 13.2. The number of hydrogen-bond donors (Lipinski definition) is 1. The monoisotopic (exact) mass is 430 g/mol. The Kier molecular flexibility index (Phi) is 3.93. The van der Waals surface area contributed by atoms with Crippen molar-refractivity contribution in [1.82, 2.24) is 4.90 Å². The largest absolute Gasteiger partial charge is 0.398 e. The molecule has 1 aliphatic heterocycles. The zero-order chi connectivity index (χ0) is 22.0. The number of halogens is 1. The molecule has 1 aliphatic carbocycles. The van der Waals surface area contributed by atoms with Gasteiger partial charge in [0, 0.05) is 22.4 Å². The third-order valence-corrected chi connectivity index (χ3v) is 5.80. The first-order chi connectivity index (χ1) is 14.8. The fourth-order valence-electron chi connectivity index (χ4n) is 3.93. The van der Waals surface area contributed by atoms with Crippen LogP contribution in [0, 0.1) is 0 Å². The minimum atomic E-state index is -1.00. The number of nitrogens with zero attached hydrogens (tertiary/aromatic N) is 1. The lowest BCUT2D eigenvalue weighted by Gasteiger charge is -2.20. The van der Waals surface area contributed by atoms with Crippen molar-refractivity contribution in [3.8, 4) is 0 Å². The van der Waals surface area contributed by atoms with Crippen LogP contribution in [0.4, 0.5) is 5.69 Å². The van der Waals surface area contributed by atoms with Gasteiger partial charge in [0.15, 0.2) is 11.6 Å². The summed E-state index contributed by atoms with van der Waals surface area (Å²) in [7, 11) is 0. The number of amides is 3. The molecule has 0 saturated carbocycles. The van der Waals surface area contributed by atoms with E-state index in [1.54, 1.807) is 12.1 Å². The SMILES string of the molecule is Nc1cccc2c1C(=O)N(C(=O)c1ccc3c(c1Cl)C(=O)c1ccccc1C3=O)C2=O. The van der Waals surface area contributed by atoms with E-state index in [-0.39, 0.29) is 49.7 Å². The lowest BCUT2D eigenvalue weighted by atomic mass is 9.83. The Morgan fingerprint density at radius 3 is 2.03 bits per heavy atom. The van der Waals surface area contributed by atoms with E-state index in [0.717, 1.165) is 0 Å². The zero-order valence-corrected chi connectivity index (χ0v) is 16.4. The van der Waals surface area contributed by atoms with Crippen LogP contribution in [0.2, 0.25) is 5.02 Å². The highest BCUT2D eigenvalue weighted by molar-refractivity contribution is 6.43. The second kappa shape index (κ2) is 6.45. The van der Waals surface area contributed by atoms with Gasteiger partial charge >= 0.3 is 0 Å². The van der Waals surface area contributed by atoms with E-state index < -0.39 is 29.3 Å². The van der Waals surface area contributed by atoms with Crippen LogP contribution in [0.15, 0.2) is 54.6 Å². The highest BCUT2D eigenvalue weighted by Crippen LogP contribution is 2.36. The molecule has 1 heterocycles. The molecule has 7 nitrogen and oxygen atoms in total. The van der Waals surface area contributed by atoms with Gasteiger partial charge in [0.25, 0.3) is 17.7 Å². The maximum Gasteiger partial charge on any atom is 0.270 e. The lowest BCUT2D eigenvalue weighted by molar-refractivity contribution is 0.0566. The summed E-state index contributed by atoms with van der Waals surface area (Å²) < 4.78 is 0. The Hall–Kier alpha value is -4.10. The molecule has 5 rings (SSSR count). The molecule has 2 N–H and O–H groups in total. The van der Waals surface area contributed by atoms with Crippen molar-refractivity contribution in [1.29, 1.82) is 0 Å². The van der Waals surface area contributed by atoms with Gasteiger partial charge in [0.1, 0.15) is 0 Å². The Labute approximate surface area is 180 Å². The minimum Gasteiger partial charge on any atom is -0.398 e. The summed E-state index contributed by atoms with van der Waals surface area (Å²) >= 11 is 6.40. The second-order valence-electron chi connectivity index (χ2n) is 7.07. The standard InChI is InChI=1S/C23H11ClN2O5/c24-18-14(22(30)26-21(29)13-6-3-7-15(25)16(13)23(26)31)9-8-12-17(18)20(28)11-5-2-1-4-10(11)19(12)27/h1-9H,25H2. The number of nitrogen functional groups attached to an aromatic ring is 1. The van der Waals surface area contributed by atoms with Gasteiger partial charge < -0.3 is 5.73 Å². The maximum absolute atomic E-state index is 13.2. The quantitative estimate of drug-likeness (QED) is 0.366. The highest BCUT2D eigenvalue weighted by Gasteiger charge is 2.43. The number of nitrogens with two attached hydrogens (primary N) is 1. The fourth-order valence-corrected chi connectivity index (χ4v) is 4.26. The molecule has 0 fully saturated rings. The average molecular weight is 431 g/mol. The van der Waals surface area contributed by atoms with Crippen LogP contribution < -0.4 is 5.73 Å². The van der Waals surface area contributed by atoms with E-state index in [1.807, 2.05) is 0 Å². The molecular formula is C23H11ClN2O5. The molecule has 8 heteroatoms. The first kappa shape index (κ1) is 18.9. The normalized spacial score (nSPS) is 14.4. The Morgan fingerprint density at radius 2 is 1.35 bits per heavy atom. The minimum absolute atomic E-state index is 0.00705. The number of imide groups is 3. The fraction of sp³-hybridized carbons (Fsp3) is 0. The van der Waals surface area contributed by atoms with Crippen LogP contribution in [0.5, 0.6) is 0 Å². The topological polar surface area (TPSA) is 115 Å². The molecule has 2 aliphatic rings. The van der Waals surface area contributed by atoms with Crippen molar-refractivity contribution in [2.24, 2.45) is 0 Å². The van der Waals surface area contributed by atoms with Gasteiger partial charge in [-0.15, -0.1) is 0 Å². The number of ketones is 2. The van der Waals surface area contributed by atoms with Crippen LogP contribution in [0.3, 0.4) is 0 Å². The van der Waals surface area contributed by atoms with Crippen LogP contribution in [0.1, 0.15) is 62.9 Å². The molecule has 0 aromatic heterocycles. The van der Waals surface area contributed by atoms with Gasteiger partial charge in [-0.1, -0.05) is 41.9 Å². The first-order valence-electron chi connectivity index (χ1n) is 9.15. The average Bonchev–Trinajstić information content (AvgIpc) is 3.02. The van der Waals surface area contributed by atoms with Crippen molar-refractivity contribution >= 4 is 46.6 Å². The molecule has 31 heavy (non-hydrogen) atoms.